The molecule has 17 aliphatic carbocycles. The van der Waals surface area contributed by atoms with Gasteiger partial charge in [-0.1, -0.05) is 95.0 Å². The molecule has 0 saturated heterocycles. The number of rotatable bonds is 27. The number of aromatic nitrogens is 2. The van der Waals surface area contributed by atoms with Crippen LogP contribution in [0.1, 0.15) is 224 Å². The number of unbranched alkanes of at least 4 members (excludes halogenated alkanes) is 4. The molecule has 2 aromatic heterocycles. The highest BCUT2D eigenvalue weighted by Gasteiger charge is 2.52. The second kappa shape index (κ2) is 42.6. The zero-order chi connectivity index (χ0) is 91.8. The molecule has 1 aliphatic heterocycles. The number of phenols is 3. The lowest BCUT2D eigenvalue weighted by molar-refractivity contribution is -0.699. The molecular formula is C109H125Cl4N3O15+2. The Labute approximate surface area is 790 Å². The van der Waals surface area contributed by atoms with E-state index in [0.29, 0.717) is 92.5 Å². The average Bonchev–Trinajstić information content (AvgIpc) is 0.756. The molecular weight excluding hydrogens is 1730 g/mol. The Morgan fingerprint density at radius 1 is 0.412 bits per heavy atom. The molecule has 16 bridgehead atoms. The fraction of sp³-hybridized carbons (Fsp3) is 0.468. The zero-order valence-corrected chi connectivity index (χ0v) is 78.9. The smallest absolute Gasteiger partial charge is 0.330 e. The van der Waals surface area contributed by atoms with Crippen molar-refractivity contribution in [3.63, 3.8) is 0 Å². The number of carboxylic acid groups (broad SMARTS) is 2. The quantitative estimate of drug-likeness (QED) is 0.00941. The van der Waals surface area contributed by atoms with Gasteiger partial charge < -0.3 is 49.2 Å². The molecule has 5 aromatic rings. The second-order valence-electron chi connectivity index (χ2n) is 39.1. The molecule has 18 aliphatic rings. The first-order valence-corrected chi connectivity index (χ1v) is 49.0. The number of hydroxylamine groups is 2. The lowest BCUT2D eigenvalue weighted by Crippen LogP contribution is -2.41. The number of nitrogens with zero attached hydrogens (tertiary/aromatic N) is 3. The Balaban J connectivity index is 0.000000129. The monoisotopic (exact) mass is 1860 g/mol. The number of carbonyl (C=O) groups excluding carboxylic acids is 2. The van der Waals surface area contributed by atoms with Crippen LogP contribution in [0.3, 0.4) is 0 Å². The van der Waals surface area contributed by atoms with Crippen molar-refractivity contribution in [2.24, 2.45) is 94.7 Å². The molecule has 23 rings (SSSR count). The highest BCUT2D eigenvalue weighted by Crippen LogP contribution is 2.63. The molecule has 0 unspecified atom stereocenters. The van der Waals surface area contributed by atoms with Gasteiger partial charge in [0.25, 0.3) is 0 Å². The summed E-state index contributed by atoms with van der Waals surface area (Å²) >= 11 is 26.6. The molecule has 0 radical (unpaired) electrons. The third-order valence-corrected chi connectivity index (χ3v) is 32.3. The first-order valence-electron chi connectivity index (χ1n) is 47.5. The summed E-state index contributed by atoms with van der Waals surface area (Å²) in [6.45, 7) is 1.67. The predicted molar refractivity (Wildman–Crippen MR) is 513 cm³/mol. The minimum absolute atomic E-state index is 0.0479. The molecule has 6 N–H and O–H groups in total. The summed E-state index contributed by atoms with van der Waals surface area (Å²) in [5.74, 6) is 13.0. The highest BCUT2D eigenvalue weighted by molar-refractivity contribution is 6.46. The van der Waals surface area contributed by atoms with Gasteiger partial charge in [-0.3, -0.25) is 19.6 Å². The topological polar surface area (TPSA) is 247 Å². The van der Waals surface area contributed by atoms with Gasteiger partial charge in [0.1, 0.15) is 53.4 Å². The SMILES string of the molecule is COC(=C1C2CC3CC(C2)CC1C3)c1ccc(/C=C/c2cc[n+](CCCCCC(=O)O)cc2)c(O)c1Cl.COC(=C1C2CC3CC(C2)CC1C3)c1ccc(/C=C/c2cccc[n+]2CCCCCC(=O)O)c(O)c1Cl.COC(=O)/C=C/c1ccc(C(OC)=C2C3CC4CC(C3)CC2C4)c(Cl)c1O.COC(C1=C(Cl)C(=O)C(=CC=C2C=CN(O)C=C2)C=C1)=C1C2CC3CC(C2)CC1C3. The number of phenolic OH excluding ortho intramolecular Hbond substituents is 3. The summed E-state index contributed by atoms with van der Waals surface area (Å²) < 4.78 is 32.5. The molecule has 3 aromatic carbocycles. The Morgan fingerprint density at radius 3 is 1.18 bits per heavy atom. The summed E-state index contributed by atoms with van der Waals surface area (Å²) in [7, 11) is 8.15. The van der Waals surface area contributed by atoms with Crippen LogP contribution in [0.2, 0.25) is 15.1 Å². The average molecular weight is 1860 g/mol. The van der Waals surface area contributed by atoms with Gasteiger partial charge in [-0.25, -0.2) is 14.4 Å². The summed E-state index contributed by atoms with van der Waals surface area (Å²) in [5, 5.41) is 61.6. The molecule has 16 saturated carbocycles. The fourth-order valence-electron chi connectivity index (χ4n) is 25.7. The number of allylic oxidation sites excluding steroid dienone is 13. The maximum Gasteiger partial charge on any atom is 0.330 e. The normalized spacial score (nSPS) is 27.1. The number of aliphatic carboxylic acids is 2. The van der Waals surface area contributed by atoms with Crippen molar-refractivity contribution in [3.05, 3.63) is 250 Å². The van der Waals surface area contributed by atoms with E-state index in [1.54, 1.807) is 52.7 Å². The highest BCUT2D eigenvalue weighted by atomic mass is 35.5. The summed E-state index contributed by atoms with van der Waals surface area (Å²) in [5.41, 5.74) is 13.9. The number of hydrogen-bond donors (Lipinski definition) is 6. The Morgan fingerprint density at radius 2 is 0.794 bits per heavy atom. The number of aromatic hydroxyl groups is 3. The van der Waals surface area contributed by atoms with E-state index in [9.17, 15) is 39.7 Å². The summed E-state index contributed by atoms with van der Waals surface area (Å²) in [6.07, 6.45) is 61.7. The van der Waals surface area contributed by atoms with Crippen LogP contribution >= 0.6 is 46.4 Å². The van der Waals surface area contributed by atoms with Crippen molar-refractivity contribution in [1.29, 1.82) is 0 Å². The van der Waals surface area contributed by atoms with E-state index in [-0.39, 0.29) is 45.9 Å². The maximum atomic E-state index is 13.0. The molecule has 16 fully saturated rings. The standard InChI is InChI=1S/2C31H36ClNO4.C25H26ClNO3.C22H25ClO4/c1-37-31(28-23-16-20-15-21(18-23)19-24(28)17-20)26-12-10-22(30(36)29(26)32)9-11-25-7-4-6-14-33(25)13-5-2-3-8-27(34)35;1-37-31(28-24-16-21-15-22(18-24)19-25(28)17-21)26-9-8-23(30(36)29(26)32)7-6-20-10-13-33(14-11-20)12-4-2-3-5-27(34)35;1-30-25(22-19-11-16-10-17(13-19)14-20(22)12-16)21-5-4-18(24(28)23(21)26)3-2-15-6-8-27(29)9-7-15;1-26-18(24)6-4-14-3-5-17(20(23)21(14)25)22(27-2)19-15-8-12-7-13(10-15)11-16(19)9-12/h4,6-7,9-12,14,20-21,23-24H,2-3,5,8,13,15-19H2,1H3,(H,34,35);6-11,13-14,21-22,24-25H,2-5,12,15-19H2,1H3,(H,34,35);2-9,16-17,19-20,29H,10-14H2,1H3;3-6,12-13,15-16,25H,7-11H2,1-2H3/p+2/b;;;6-4+,22-19?. The van der Waals surface area contributed by atoms with Crippen LogP contribution in [0.4, 0.5) is 0 Å². The number of aryl methyl sites for hydroxylation is 2. The second-order valence-corrected chi connectivity index (χ2v) is 40.6. The molecule has 0 atom stereocenters. The number of methoxy groups -OCH3 is 5. The van der Waals surface area contributed by atoms with Crippen LogP contribution in [0, 0.1) is 94.7 Å². The molecule has 0 spiro atoms. The number of carboxylic acids is 2. The molecule has 692 valence electrons. The van der Waals surface area contributed by atoms with E-state index in [0.717, 1.165) is 153 Å². The van der Waals surface area contributed by atoms with Gasteiger partial charge >= 0.3 is 17.9 Å². The summed E-state index contributed by atoms with van der Waals surface area (Å²) in [4.78, 5) is 45.6. The van der Waals surface area contributed by atoms with Crippen molar-refractivity contribution in [1.82, 2.24) is 5.06 Å². The molecule has 18 nitrogen and oxygen atoms in total. The van der Waals surface area contributed by atoms with Crippen LogP contribution in [0.5, 0.6) is 17.2 Å². The number of esters is 1. The summed E-state index contributed by atoms with van der Waals surface area (Å²) in [6, 6.07) is 21.5. The Hall–Kier alpha value is -9.82. The number of carbonyl (C=O) groups is 4. The van der Waals surface area contributed by atoms with E-state index >= 15 is 0 Å². The van der Waals surface area contributed by atoms with Crippen LogP contribution in [0.15, 0.2) is 190 Å². The molecule has 131 heavy (non-hydrogen) atoms. The Bertz CT molecular complexity index is 5440. The molecule has 3 heterocycles. The van der Waals surface area contributed by atoms with Crippen molar-refractivity contribution in [2.75, 3.05) is 35.5 Å². The number of ketones is 1. The maximum absolute atomic E-state index is 13.0. The number of Topliss-reactive ketones (excluding diaryl/α,β-unsaturated/α-hetero) is 1. The van der Waals surface area contributed by atoms with Gasteiger partial charge in [0, 0.05) is 119 Å². The minimum Gasteiger partial charge on any atom is -0.506 e. The van der Waals surface area contributed by atoms with E-state index in [4.69, 9.17) is 75.6 Å². The molecule has 0 amide bonds. The minimum atomic E-state index is -0.743. The van der Waals surface area contributed by atoms with Crippen molar-refractivity contribution in [2.45, 2.75) is 193 Å². The number of hydrogen-bond acceptors (Lipinski definition) is 14. The van der Waals surface area contributed by atoms with Gasteiger partial charge in [-0.05, 0) is 337 Å². The van der Waals surface area contributed by atoms with Crippen LogP contribution in [-0.2, 0) is 56.0 Å². The van der Waals surface area contributed by atoms with Crippen molar-refractivity contribution in [3.8, 4) is 17.2 Å². The Kier molecular flexibility index (Phi) is 30.7. The van der Waals surface area contributed by atoms with Gasteiger partial charge in [0.05, 0.1) is 55.6 Å². The third-order valence-electron chi connectivity index (χ3n) is 30.8. The first-order chi connectivity index (χ1) is 63.4. The fourth-order valence-corrected chi connectivity index (χ4v) is 26.7. The predicted octanol–water partition coefficient (Wildman–Crippen LogP) is 24.5. The van der Waals surface area contributed by atoms with E-state index in [2.05, 4.69) is 13.9 Å². The van der Waals surface area contributed by atoms with Gasteiger partial charge in [-0.15, -0.1) is 0 Å². The van der Waals surface area contributed by atoms with E-state index in [1.165, 1.54) is 182 Å². The number of ether oxygens (including phenoxy) is 5. The van der Waals surface area contributed by atoms with Crippen molar-refractivity contribution < 1.29 is 82.7 Å². The van der Waals surface area contributed by atoms with Gasteiger partial charge in [0.15, 0.2) is 18.6 Å². The molecule has 22 heteroatoms. The lowest BCUT2D eigenvalue weighted by Gasteiger charge is -2.51. The van der Waals surface area contributed by atoms with Crippen LogP contribution in [-0.4, -0.2) is 95.0 Å². The van der Waals surface area contributed by atoms with E-state index in [1.807, 2.05) is 122 Å². The van der Waals surface area contributed by atoms with E-state index < -0.39 is 17.9 Å². The van der Waals surface area contributed by atoms with Gasteiger partial charge in [-0.2, -0.15) is 4.57 Å². The number of halogens is 4. The number of pyridine rings is 2. The first kappa shape index (κ1) is 94.4. The van der Waals surface area contributed by atoms with Gasteiger partial charge in [0.2, 0.25) is 11.5 Å². The number of benzene rings is 3. The zero-order valence-electron chi connectivity index (χ0n) is 75.8. The third kappa shape index (κ3) is 21.5. The van der Waals surface area contributed by atoms with Crippen LogP contribution < -0.4 is 9.13 Å². The lowest BCUT2D eigenvalue weighted by atomic mass is 9.54. The van der Waals surface area contributed by atoms with Crippen molar-refractivity contribution >= 4 is 118 Å². The largest absolute Gasteiger partial charge is 0.506 e. The van der Waals surface area contributed by atoms with Crippen LogP contribution in [0.25, 0.3) is 47.7 Å².